The maximum atomic E-state index is 6.40. The maximum Gasteiger partial charge on any atom is 0.192 e. The third kappa shape index (κ3) is 3.16. The first-order valence-electron chi connectivity index (χ1n) is 7.70. The van der Waals surface area contributed by atoms with E-state index in [1.165, 1.54) is 16.7 Å². The summed E-state index contributed by atoms with van der Waals surface area (Å²) in [5.74, 6) is 0. The summed E-state index contributed by atoms with van der Waals surface area (Å²) in [4.78, 5) is 0. The van der Waals surface area contributed by atoms with Gasteiger partial charge in [-0.1, -0.05) is 39.0 Å². The van der Waals surface area contributed by atoms with Crippen molar-refractivity contribution in [3.8, 4) is 0 Å². The van der Waals surface area contributed by atoms with Gasteiger partial charge in [0.2, 0.25) is 0 Å². The molecule has 112 valence electrons. The van der Waals surface area contributed by atoms with Crippen LogP contribution in [-0.4, -0.2) is 14.9 Å². The Morgan fingerprint density at radius 3 is 2.65 bits per heavy atom. The highest BCUT2D eigenvalue weighted by Crippen LogP contribution is 2.37. The lowest BCUT2D eigenvalue weighted by Gasteiger charge is -2.36. The van der Waals surface area contributed by atoms with E-state index in [0.717, 1.165) is 19.6 Å². The van der Waals surface area contributed by atoms with Crippen molar-refractivity contribution in [2.75, 3.05) is 6.54 Å². The fourth-order valence-electron chi connectivity index (χ4n) is 2.50. The largest absolute Gasteiger partial charge is 0.413 e. The summed E-state index contributed by atoms with van der Waals surface area (Å²) in [6.07, 6.45) is 1.12. The lowest BCUT2D eigenvalue weighted by Crippen LogP contribution is -2.40. The molecule has 0 bridgehead atoms. The molecule has 1 unspecified atom stereocenters. The first kappa shape index (κ1) is 15.7. The molecule has 1 heterocycles. The fourth-order valence-corrected chi connectivity index (χ4v) is 3.45. The predicted octanol–water partition coefficient (Wildman–Crippen LogP) is 4.42. The third-order valence-electron chi connectivity index (χ3n) is 5.00. The van der Waals surface area contributed by atoms with Crippen LogP contribution < -0.4 is 5.32 Å². The minimum atomic E-state index is -1.67. The summed E-state index contributed by atoms with van der Waals surface area (Å²) in [7, 11) is -1.67. The standard InChI is InChI=1S/C17H29NOSi/c1-13-15-9-7-8-14(16(15)10-11-18-13)12-19-20(5,6)17(2,3)4/h7-9,13,18H,10-12H2,1-6H3. The molecular formula is C17H29NOSi. The average molecular weight is 292 g/mol. The lowest BCUT2D eigenvalue weighted by molar-refractivity contribution is 0.274. The molecule has 1 atom stereocenters. The second kappa shape index (κ2) is 5.62. The molecule has 2 nitrogen and oxygen atoms in total. The molecular weight excluding hydrogens is 262 g/mol. The lowest BCUT2D eigenvalue weighted by atomic mass is 9.91. The number of hydrogen-bond donors (Lipinski definition) is 1. The van der Waals surface area contributed by atoms with Crippen LogP contribution in [-0.2, 0) is 17.5 Å². The van der Waals surface area contributed by atoms with E-state index >= 15 is 0 Å². The molecule has 1 aromatic rings. The smallest absolute Gasteiger partial charge is 0.192 e. The van der Waals surface area contributed by atoms with Gasteiger partial charge in [0, 0.05) is 6.04 Å². The first-order chi connectivity index (χ1) is 9.22. The molecule has 1 aromatic carbocycles. The molecule has 0 aromatic heterocycles. The van der Waals surface area contributed by atoms with Gasteiger partial charge < -0.3 is 9.74 Å². The minimum absolute atomic E-state index is 0.274. The molecule has 20 heavy (non-hydrogen) atoms. The maximum absolute atomic E-state index is 6.40. The summed E-state index contributed by atoms with van der Waals surface area (Å²) in [5, 5.41) is 3.80. The van der Waals surface area contributed by atoms with Crippen LogP contribution >= 0.6 is 0 Å². The molecule has 0 fully saturated rings. The van der Waals surface area contributed by atoms with Crippen molar-refractivity contribution < 1.29 is 4.43 Å². The molecule has 0 saturated carbocycles. The molecule has 0 spiro atoms. The summed E-state index contributed by atoms with van der Waals surface area (Å²) in [6, 6.07) is 7.13. The van der Waals surface area contributed by atoms with E-state index in [9.17, 15) is 0 Å². The second-order valence-corrected chi connectivity index (χ2v) is 12.3. The zero-order chi connectivity index (χ0) is 15.0. The molecule has 0 radical (unpaired) electrons. The number of nitrogens with one attached hydrogen (secondary N) is 1. The molecule has 1 aliphatic heterocycles. The van der Waals surface area contributed by atoms with Crippen molar-refractivity contribution in [3.05, 3.63) is 34.9 Å². The minimum Gasteiger partial charge on any atom is -0.413 e. The van der Waals surface area contributed by atoms with Crippen molar-refractivity contribution in [1.29, 1.82) is 0 Å². The monoisotopic (exact) mass is 291 g/mol. The van der Waals surface area contributed by atoms with Crippen LogP contribution in [0.5, 0.6) is 0 Å². The van der Waals surface area contributed by atoms with Crippen LogP contribution in [0.15, 0.2) is 18.2 Å². The molecule has 1 aliphatic rings. The quantitative estimate of drug-likeness (QED) is 0.833. The Hall–Kier alpha value is -0.643. The highest BCUT2D eigenvalue weighted by Gasteiger charge is 2.37. The van der Waals surface area contributed by atoms with Gasteiger partial charge in [-0.3, -0.25) is 0 Å². The van der Waals surface area contributed by atoms with E-state index in [2.05, 4.69) is 64.3 Å². The molecule has 0 saturated heterocycles. The van der Waals surface area contributed by atoms with Gasteiger partial charge in [-0.05, 0) is 54.7 Å². The second-order valence-electron chi connectivity index (χ2n) is 7.46. The van der Waals surface area contributed by atoms with Gasteiger partial charge >= 0.3 is 0 Å². The van der Waals surface area contributed by atoms with Gasteiger partial charge in [-0.25, -0.2) is 0 Å². The Morgan fingerprint density at radius 1 is 1.30 bits per heavy atom. The van der Waals surface area contributed by atoms with Crippen molar-refractivity contribution in [1.82, 2.24) is 5.32 Å². The third-order valence-corrected chi connectivity index (χ3v) is 9.47. The van der Waals surface area contributed by atoms with Gasteiger partial charge in [-0.15, -0.1) is 0 Å². The molecule has 3 heteroatoms. The molecule has 0 amide bonds. The summed E-state index contributed by atoms with van der Waals surface area (Å²) in [5.41, 5.74) is 4.35. The van der Waals surface area contributed by atoms with Gasteiger partial charge in [0.05, 0.1) is 6.61 Å². The van der Waals surface area contributed by atoms with Gasteiger partial charge in [0.15, 0.2) is 8.32 Å². The van der Waals surface area contributed by atoms with Crippen molar-refractivity contribution in [2.24, 2.45) is 0 Å². The zero-order valence-corrected chi connectivity index (χ0v) is 14.8. The SMILES string of the molecule is CC1NCCc2c(CO[Si](C)(C)C(C)(C)C)cccc21. The summed E-state index contributed by atoms with van der Waals surface area (Å²) in [6.45, 7) is 15.6. The summed E-state index contributed by atoms with van der Waals surface area (Å²) >= 11 is 0. The van der Waals surface area contributed by atoms with E-state index in [1.54, 1.807) is 0 Å². The van der Waals surface area contributed by atoms with E-state index in [0.29, 0.717) is 6.04 Å². The van der Waals surface area contributed by atoms with Crippen LogP contribution in [0.4, 0.5) is 0 Å². The van der Waals surface area contributed by atoms with Crippen LogP contribution in [0.25, 0.3) is 0 Å². The fraction of sp³-hybridized carbons (Fsp3) is 0.647. The van der Waals surface area contributed by atoms with Crippen molar-refractivity contribution in [3.63, 3.8) is 0 Å². The Labute approximate surface area is 125 Å². The van der Waals surface area contributed by atoms with E-state index in [4.69, 9.17) is 4.43 Å². The van der Waals surface area contributed by atoms with Crippen molar-refractivity contribution >= 4 is 8.32 Å². The summed E-state index contributed by atoms with van der Waals surface area (Å²) < 4.78 is 6.40. The Kier molecular flexibility index (Phi) is 4.43. The predicted molar refractivity (Wildman–Crippen MR) is 88.5 cm³/mol. The number of benzene rings is 1. The van der Waals surface area contributed by atoms with Crippen LogP contribution in [0.2, 0.25) is 18.1 Å². The highest BCUT2D eigenvalue weighted by molar-refractivity contribution is 6.74. The number of hydrogen-bond acceptors (Lipinski definition) is 2. The van der Waals surface area contributed by atoms with Crippen molar-refractivity contribution in [2.45, 2.75) is 64.9 Å². The molecule has 1 N–H and O–H groups in total. The van der Waals surface area contributed by atoms with E-state index < -0.39 is 8.32 Å². The van der Waals surface area contributed by atoms with E-state index in [1.807, 2.05) is 0 Å². The Balaban J connectivity index is 2.17. The van der Waals surface area contributed by atoms with Crippen LogP contribution in [0, 0.1) is 0 Å². The Morgan fingerprint density at radius 2 is 2.00 bits per heavy atom. The van der Waals surface area contributed by atoms with Gasteiger partial charge in [-0.2, -0.15) is 0 Å². The number of rotatable bonds is 3. The van der Waals surface area contributed by atoms with Gasteiger partial charge in [0.25, 0.3) is 0 Å². The topological polar surface area (TPSA) is 21.3 Å². The average Bonchev–Trinajstić information content (AvgIpc) is 2.35. The Bertz CT molecular complexity index is 476. The zero-order valence-electron chi connectivity index (χ0n) is 13.8. The number of fused-ring (bicyclic) bond motifs is 1. The molecule has 0 aliphatic carbocycles. The molecule has 2 rings (SSSR count). The van der Waals surface area contributed by atoms with Gasteiger partial charge in [0.1, 0.15) is 0 Å². The van der Waals surface area contributed by atoms with Crippen LogP contribution in [0.3, 0.4) is 0 Å². The van der Waals surface area contributed by atoms with Crippen LogP contribution in [0.1, 0.15) is 50.4 Å². The van der Waals surface area contributed by atoms with E-state index in [-0.39, 0.29) is 5.04 Å². The highest BCUT2D eigenvalue weighted by atomic mass is 28.4. The normalized spacial score (nSPS) is 19.8. The first-order valence-corrected chi connectivity index (χ1v) is 10.6.